The van der Waals surface area contributed by atoms with E-state index in [4.69, 9.17) is 34.3 Å². The van der Waals surface area contributed by atoms with Crippen molar-refractivity contribution >= 4 is 38.8 Å². The molecule has 1 aliphatic rings. The molecular formula is C13H17ClN2O3S2. The molecule has 1 heterocycles. The number of halogens is 1. The first-order valence-electron chi connectivity index (χ1n) is 6.57. The lowest BCUT2D eigenvalue weighted by atomic mass is 10.1. The van der Waals surface area contributed by atoms with Gasteiger partial charge in [-0.2, -0.15) is 0 Å². The molecule has 1 aromatic rings. The van der Waals surface area contributed by atoms with Crippen molar-refractivity contribution in [3.05, 3.63) is 28.8 Å². The minimum absolute atomic E-state index is 0.00265. The fraction of sp³-hybridized carbons (Fsp3) is 0.462. The summed E-state index contributed by atoms with van der Waals surface area (Å²) in [6.07, 6.45) is 1.71. The summed E-state index contributed by atoms with van der Waals surface area (Å²) in [5.74, 6) is 0.408. The minimum Gasteiger partial charge on any atom is -0.389 e. The molecule has 1 aromatic carbocycles. The molecule has 1 atom stereocenters. The molecule has 5 nitrogen and oxygen atoms in total. The van der Waals surface area contributed by atoms with Gasteiger partial charge in [-0.15, -0.1) is 0 Å². The van der Waals surface area contributed by atoms with Gasteiger partial charge in [0.05, 0.1) is 5.02 Å². The quantitative estimate of drug-likeness (QED) is 0.764. The molecule has 0 amide bonds. The minimum atomic E-state index is -3.68. The van der Waals surface area contributed by atoms with Crippen LogP contribution in [0.5, 0.6) is 0 Å². The summed E-state index contributed by atoms with van der Waals surface area (Å²) in [5, 5.41) is 0.145. The van der Waals surface area contributed by atoms with Crippen LogP contribution in [0.3, 0.4) is 0 Å². The van der Waals surface area contributed by atoms with E-state index in [1.807, 2.05) is 0 Å². The summed E-state index contributed by atoms with van der Waals surface area (Å²) >= 11 is 10.8. The summed E-state index contributed by atoms with van der Waals surface area (Å²) in [5.41, 5.74) is 5.99. The van der Waals surface area contributed by atoms with E-state index in [0.29, 0.717) is 24.6 Å². The molecule has 1 fully saturated rings. The molecular weight excluding hydrogens is 332 g/mol. The van der Waals surface area contributed by atoms with Crippen LogP contribution in [0.4, 0.5) is 0 Å². The molecule has 3 N–H and O–H groups in total. The second-order valence-corrected chi connectivity index (χ2v) is 7.51. The predicted molar refractivity (Wildman–Crippen MR) is 86.1 cm³/mol. The van der Waals surface area contributed by atoms with Crippen LogP contribution in [0.2, 0.25) is 5.02 Å². The molecule has 8 heteroatoms. The average Bonchev–Trinajstić information content (AvgIpc) is 2.91. The Morgan fingerprint density at radius 2 is 2.29 bits per heavy atom. The molecule has 2 rings (SSSR count). The zero-order chi connectivity index (χ0) is 15.5. The number of ether oxygens (including phenoxy) is 1. The van der Waals surface area contributed by atoms with Gasteiger partial charge in [-0.1, -0.05) is 29.9 Å². The lowest BCUT2D eigenvalue weighted by Crippen LogP contribution is -2.27. The van der Waals surface area contributed by atoms with E-state index in [0.717, 1.165) is 19.4 Å². The van der Waals surface area contributed by atoms with Crippen LogP contribution in [-0.2, 0) is 14.8 Å². The number of rotatable bonds is 6. The van der Waals surface area contributed by atoms with Crippen molar-refractivity contribution in [1.29, 1.82) is 0 Å². The zero-order valence-corrected chi connectivity index (χ0v) is 13.7. The third kappa shape index (κ3) is 4.37. The van der Waals surface area contributed by atoms with Crippen molar-refractivity contribution in [3.63, 3.8) is 0 Å². The molecule has 0 saturated carbocycles. The Morgan fingerprint density at radius 3 is 2.90 bits per heavy atom. The Labute approximate surface area is 134 Å². The van der Waals surface area contributed by atoms with Crippen molar-refractivity contribution in [2.45, 2.75) is 17.7 Å². The molecule has 0 spiro atoms. The number of sulfonamides is 1. The summed E-state index contributed by atoms with van der Waals surface area (Å²) < 4.78 is 32.4. The lowest BCUT2D eigenvalue weighted by Gasteiger charge is -2.11. The third-order valence-corrected chi connectivity index (χ3v) is 5.55. The van der Waals surface area contributed by atoms with E-state index in [9.17, 15) is 8.42 Å². The Kier molecular flexibility index (Phi) is 5.56. The van der Waals surface area contributed by atoms with E-state index in [1.165, 1.54) is 12.1 Å². The summed E-state index contributed by atoms with van der Waals surface area (Å²) in [7, 11) is -3.68. The van der Waals surface area contributed by atoms with Crippen molar-refractivity contribution in [2.24, 2.45) is 11.7 Å². The fourth-order valence-electron chi connectivity index (χ4n) is 2.15. The first-order chi connectivity index (χ1) is 9.90. The van der Waals surface area contributed by atoms with Crippen molar-refractivity contribution in [2.75, 3.05) is 19.8 Å². The molecule has 0 radical (unpaired) electrons. The second kappa shape index (κ2) is 7.02. The van der Waals surface area contributed by atoms with Gasteiger partial charge in [-0.05, 0) is 30.9 Å². The van der Waals surface area contributed by atoms with Gasteiger partial charge in [-0.25, -0.2) is 13.1 Å². The number of nitrogens with two attached hydrogens (primary N) is 1. The smallest absolute Gasteiger partial charge is 0.242 e. The van der Waals surface area contributed by atoms with Gasteiger partial charge in [0, 0.05) is 25.3 Å². The molecule has 0 aliphatic carbocycles. The number of benzene rings is 1. The van der Waals surface area contributed by atoms with Crippen LogP contribution in [0.15, 0.2) is 23.1 Å². The topological polar surface area (TPSA) is 81.4 Å². The molecule has 1 aliphatic heterocycles. The van der Waals surface area contributed by atoms with Gasteiger partial charge in [0.15, 0.2) is 0 Å². The highest BCUT2D eigenvalue weighted by atomic mass is 35.5. The SMILES string of the molecule is NC(=S)c1ccc(Cl)c(S(=O)(=O)NCCC2CCOC2)c1. The summed E-state index contributed by atoms with van der Waals surface area (Å²) in [6, 6.07) is 4.47. The fourth-order valence-corrected chi connectivity index (χ4v) is 3.85. The Balaban J connectivity index is 2.07. The maximum Gasteiger partial charge on any atom is 0.242 e. The third-order valence-electron chi connectivity index (χ3n) is 3.37. The number of nitrogens with one attached hydrogen (secondary N) is 1. The predicted octanol–water partition coefficient (Wildman–Crippen LogP) is 1.68. The highest BCUT2D eigenvalue weighted by molar-refractivity contribution is 7.89. The lowest BCUT2D eigenvalue weighted by molar-refractivity contribution is 0.184. The largest absolute Gasteiger partial charge is 0.389 e. The van der Waals surface area contributed by atoms with Crippen LogP contribution < -0.4 is 10.5 Å². The molecule has 116 valence electrons. The van der Waals surface area contributed by atoms with Crippen molar-refractivity contribution < 1.29 is 13.2 Å². The Hall–Kier alpha value is -0.730. The average molecular weight is 349 g/mol. The maximum absolute atomic E-state index is 12.3. The zero-order valence-electron chi connectivity index (χ0n) is 11.3. The van der Waals surface area contributed by atoms with E-state index >= 15 is 0 Å². The Bertz CT molecular complexity index is 628. The first kappa shape index (κ1) is 16.6. The van der Waals surface area contributed by atoms with Crippen molar-refractivity contribution in [3.8, 4) is 0 Å². The number of hydrogen-bond donors (Lipinski definition) is 2. The van der Waals surface area contributed by atoms with Gasteiger partial charge >= 0.3 is 0 Å². The van der Waals surface area contributed by atoms with Crippen LogP contribution in [0, 0.1) is 5.92 Å². The van der Waals surface area contributed by atoms with Gasteiger partial charge < -0.3 is 10.5 Å². The molecule has 0 aromatic heterocycles. The van der Waals surface area contributed by atoms with Gasteiger partial charge in [0.1, 0.15) is 9.88 Å². The summed E-state index contributed by atoms with van der Waals surface area (Å²) in [6.45, 7) is 1.79. The monoisotopic (exact) mass is 348 g/mol. The first-order valence-corrected chi connectivity index (χ1v) is 8.84. The van der Waals surface area contributed by atoms with E-state index in [-0.39, 0.29) is 14.9 Å². The normalized spacial score (nSPS) is 18.8. The van der Waals surface area contributed by atoms with Gasteiger partial charge in [0.2, 0.25) is 10.0 Å². The van der Waals surface area contributed by atoms with E-state index in [2.05, 4.69) is 4.72 Å². The molecule has 0 bridgehead atoms. The number of thiocarbonyl (C=S) groups is 1. The highest BCUT2D eigenvalue weighted by Crippen LogP contribution is 2.23. The van der Waals surface area contributed by atoms with Crippen LogP contribution >= 0.6 is 23.8 Å². The van der Waals surface area contributed by atoms with Crippen LogP contribution in [-0.4, -0.2) is 33.2 Å². The van der Waals surface area contributed by atoms with Crippen LogP contribution in [0.25, 0.3) is 0 Å². The van der Waals surface area contributed by atoms with E-state index < -0.39 is 10.0 Å². The molecule has 21 heavy (non-hydrogen) atoms. The highest BCUT2D eigenvalue weighted by Gasteiger charge is 2.20. The van der Waals surface area contributed by atoms with Gasteiger partial charge in [-0.3, -0.25) is 0 Å². The van der Waals surface area contributed by atoms with Gasteiger partial charge in [0.25, 0.3) is 0 Å². The number of hydrogen-bond acceptors (Lipinski definition) is 4. The molecule has 1 saturated heterocycles. The second-order valence-electron chi connectivity index (χ2n) is 4.93. The van der Waals surface area contributed by atoms with E-state index in [1.54, 1.807) is 6.07 Å². The Morgan fingerprint density at radius 1 is 1.52 bits per heavy atom. The van der Waals surface area contributed by atoms with Crippen LogP contribution in [0.1, 0.15) is 18.4 Å². The molecule has 1 unspecified atom stereocenters. The summed E-state index contributed by atoms with van der Waals surface area (Å²) in [4.78, 5) is 0.128. The standard InChI is InChI=1S/C13H17ClN2O3S2/c14-11-2-1-10(13(15)20)7-12(11)21(17,18)16-5-3-9-4-6-19-8-9/h1-2,7,9,16H,3-6,8H2,(H2,15,20). The van der Waals surface area contributed by atoms with Crippen molar-refractivity contribution in [1.82, 2.24) is 4.72 Å². The maximum atomic E-state index is 12.3.